The predicted molar refractivity (Wildman–Crippen MR) is 76.5 cm³/mol. The third-order valence-electron chi connectivity index (χ3n) is 3.72. The van der Waals surface area contributed by atoms with Crippen LogP contribution in [0.3, 0.4) is 0 Å². The van der Waals surface area contributed by atoms with Gasteiger partial charge in [-0.2, -0.15) is 0 Å². The van der Waals surface area contributed by atoms with Crippen molar-refractivity contribution in [2.24, 2.45) is 0 Å². The van der Waals surface area contributed by atoms with Gasteiger partial charge in [0.05, 0.1) is 7.11 Å². The fraction of sp³-hybridized carbons (Fsp3) is 0.600. The summed E-state index contributed by atoms with van der Waals surface area (Å²) in [4.78, 5) is 2.52. The average molecular weight is 248 g/mol. The van der Waals surface area contributed by atoms with Crippen LogP contribution in [0.5, 0.6) is 5.75 Å². The van der Waals surface area contributed by atoms with Crippen LogP contribution in [0.2, 0.25) is 0 Å². The van der Waals surface area contributed by atoms with Gasteiger partial charge in [-0.3, -0.25) is 4.90 Å². The number of ether oxygens (including phenoxy) is 1. The van der Waals surface area contributed by atoms with Crippen LogP contribution in [0, 0.1) is 6.92 Å². The van der Waals surface area contributed by atoms with E-state index in [1.165, 1.54) is 24.2 Å². The van der Waals surface area contributed by atoms with Gasteiger partial charge in [0.25, 0.3) is 0 Å². The van der Waals surface area contributed by atoms with Crippen LogP contribution < -0.4 is 10.1 Å². The minimum atomic E-state index is 0.570. The highest BCUT2D eigenvalue weighted by atomic mass is 16.5. The smallest absolute Gasteiger partial charge is 0.121 e. The first kappa shape index (κ1) is 13.2. The third-order valence-corrected chi connectivity index (χ3v) is 3.72. The summed E-state index contributed by atoms with van der Waals surface area (Å²) in [7, 11) is 1.72. The van der Waals surface area contributed by atoms with Gasteiger partial charge in [-0.1, -0.05) is 0 Å². The molecule has 1 fully saturated rings. The zero-order chi connectivity index (χ0) is 13.1. The van der Waals surface area contributed by atoms with Gasteiger partial charge in [0, 0.05) is 30.9 Å². The number of anilines is 1. The van der Waals surface area contributed by atoms with Crippen molar-refractivity contribution in [3.8, 4) is 5.75 Å². The van der Waals surface area contributed by atoms with Gasteiger partial charge < -0.3 is 10.1 Å². The first-order chi connectivity index (χ1) is 8.60. The summed E-state index contributed by atoms with van der Waals surface area (Å²) >= 11 is 0. The maximum Gasteiger partial charge on any atom is 0.121 e. The summed E-state index contributed by atoms with van der Waals surface area (Å²) in [5, 5.41) is 3.62. The second kappa shape index (κ2) is 5.61. The summed E-state index contributed by atoms with van der Waals surface area (Å²) < 4.78 is 5.28. The van der Waals surface area contributed by atoms with Crippen LogP contribution in [-0.4, -0.2) is 37.2 Å². The Balaban J connectivity index is 1.96. The average Bonchev–Trinajstić information content (AvgIpc) is 2.78. The Kier molecular flexibility index (Phi) is 4.12. The molecule has 0 spiro atoms. The molecule has 1 unspecified atom stereocenters. The number of hydrogen-bond acceptors (Lipinski definition) is 3. The fourth-order valence-corrected chi connectivity index (χ4v) is 2.58. The normalized spacial score (nSPS) is 20.4. The standard InChI is InChI=1S/C15H24N2O/c1-11(2)17-8-7-14(10-17)16-13-5-6-15(18-4)12(3)9-13/h5-6,9,11,14,16H,7-8,10H2,1-4H3. The number of benzene rings is 1. The monoisotopic (exact) mass is 248 g/mol. The maximum atomic E-state index is 5.28. The van der Waals surface area contributed by atoms with Gasteiger partial charge in [-0.15, -0.1) is 0 Å². The van der Waals surface area contributed by atoms with Crippen molar-refractivity contribution in [2.45, 2.75) is 39.3 Å². The second-order valence-corrected chi connectivity index (χ2v) is 5.40. The van der Waals surface area contributed by atoms with E-state index in [9.17, 15) is 0 Å². The lowest BCUT2D eigenvalue weighted by molar-refractivity contribution is 0.274. The van der Waals surface area contributed by atoms with E-state index in [2.05, 4.69) is 43.1 Å². The summed E-state index contributed by atoms with van der Waals surface area (Å²) in [5.74, 6) is 0.954. The van der Waals surface area contributed by atoms with Crippen LogP contribution >= 0.6 is 0 Å². The number of aryl methyl sites for hydroxylation is 1. The molecule has 0 radical (unpaired) electrons. The zero-order valence-electron chi connectivity index (χ0n) is 11.9. The van der Waals surface area contributed by atoms with Crippen LogP contribution in [0.25, 0.3) is 0 Å². The number of nitrogens with one attached hydrogen (secondary N) is 1. The van der Waals surface area contributed by atoms with Gasteiger partial charge in [0.15, 0.2) is 0 Å². The Hall–Kier alpha value is -1.22. The highest BCUT2D eigenvalue weighted by Crippen LogP contribution is 2.23. The summed E-state index contributed by atoms with van der Waals surface area (Å²) in [5.41, 5.74) is 2.38. The quantitative estimate of drug-likeness (QED) is 0.886. The first-order valence-electron chi connectivity index (χ1n) is 6.75. The maximum absolute atomic E-state index is 5.28. The number of rotatable bonds is 4. The molecule has 0 aromatic heterocycles. The first-order valence-corrected chi connectivity index (χ1v) is 6.75. The van der Waals surface area contributed by atoms with E-state index in [-0.39, 0.29) is 0 Å². The molecule has 1 N–H and O–H groups in total. The zero-order valence-corrected chi connectivity index (χ0v) is 11.9. The van der Waals surface area contributed by atoms with Crippen molar-refractivity contribution in [1.29, 1.82) is 0 Å². The van der Waals surface area contributed by atoms with E-state index in [0.717, 1.165) is 12.3 Å². The molecule has 1 aliphatic heterocycles. The number of hydrogen-bond donors (Lipinski definition) is 1. The molecule has 0 aliphatic carbocycles. The third kappa shape index (κ3) is 2.96. The Morgan fingerprint density at radius 1 is 1.39 bits per heavy atom. The topological polar surface area (TPSA) is 24.5 Å². The van der Waals surface area contributed by atoms with Gasteiger partial charge in [0.1, 0.15) is 5.75 Å². The lowest BCUT2D eigenvalue weighted by Crippen LogP contribution is -2.31. The van der Waals surface area contributed by atoms with E-state index < -0.39 is 0 Å². The van der Waals surface area contributed by atoms with E-state index in [0.29, 0.717) is 12.1 Å². The molecule has 0 saturated carbocycles. The molecule has 1 aromatic rings. The Labute approximate surface area is 110 Å². The summed E-state index contributed by atoms with van der Waals surface area (Å²) in [6.45, 7) is 8.95. The van der Waals surface area contributed by atoms with Crippen molar-refractivity contribution >= 4 is 5.69 Å². The van der Waals surface area contributed by atoms with E-state index in [4.69, 9.17) is 4.74 Å². The molecule has 18 heavy (non-hydrogen) atoms. The van der Waals surface area contributed by atoms with Gasteiger partial charge in [-0.25, -0.2) is 0 Å². The number of likely N-dealkylation sites (tertiary alicyclic amines) is 1. The Morgan fingerprint density at radius 3 is 2.72 bits per heavy atom. The van der Waals surface area contributed by atoms with E-state index in [1.54, 1.807) is 7.11 Å². The molecular formula is C15H24N2O. The SMILES string of the molecule is COc1ccc(NC2CCN(C(C)C)C2)cc1C. The Bertz CT molecular complexity index is 403. The van der Waals surface area contributed by atoms with Gasteiger partial charge >= 0.3 is 0 Å². The molecule has 2 rings (SSSR count). The minimum absolute atomic E-state index is 0.570. The molecule has 3 heteroatoms. The summed E-state index contributed by atoms with van der Waals surface area (Å²) in [6.07, 6.45) is 1.23. The van der Waals surface area contributed by atoms with Crippen molar-refractivity contribution < 1.29 is 4.74 Å². The van der Waals surface area contributed by atoms with Crippen LogP contribution in [-0.2, 0) is 0 Å². The molecule has 1 atom stereocenters. The lowest BCUT2D eigenvalue weighted by atomic mass is 10.1. The molecule has 3 nitrogen and oxygen atoms in total. The summed E-state index contributed by atoms with van der Waals surface area (Å²) in [6, 6.07) is 7.52. The van der Waals surface area contributed by atoms with Crippen molar-refractivity contribution in [1.82, 2.24) is 4.90 Å². The van der Waals surface area contributed by atoms with Gasteiger partial charge in [-0.05, 0) is 51.0 Å². The molecule has 1 aromatic carbocycles. The number of methoxy groups -OCH3 is 1. The highest BCUT2D eigenvalue weighted by molar-refractivity contribution is 5.51. The van der Waals surface area contributed by atoms with Gasteiger partial charge in [0.2, 0.25) is 0 Å². The molecular weight excluding hydrogens is 224 g/mol. The van der Waals surface area contributed by atoms with Crippen LogP contribution in [0.1, 0.15) is 25.8 Å². The molecule has 1 aliphatic rings. The number of nitrogens with zero attached hydrogens (tertiary/aromatic N) is 1. The Morgan fingerprint density at radius 2 is 2.17 bits per heavy atom. The van der Waals surface area contributed by atoms with Crippen molar-refractivity contribution in [3.05, 3.63) is 23.8 Å². The largest absolute Gasteiger partial charge is 0.496 e. The fourth-order valence-electron chi connectivity index (χ4n) is 2.58. The second-order valence-electron chi connectivity index (χ2n) is 5.40. The highest BCUT2D eigenvalue weighted by Gasteiger charge is 2.23. The van der Waals surface area contributed by atoms with E-state index >= 15 is 0 Å². The van der Waals surface area contributed by atoms with Crippen LogP contribution in [0.4, 0.5) is 5.69 Å². The van der Waals surface area contributed by atoms with Crippen LogP contribution in [0.15, 0.2) is 18.2 Å². The predicted octanol–water partition coefficient (Wildman–Crippen LogP) is 2.90. The molecule has 0 amide bonds. The molecule has 1 saturated heterocycles. The lowest BCUT2D eigenvalue weighted by Gasteiger charge is -2.21. The molecule has 100 valence electrons. The molecule has 1 heterocycles. The van der Waals surface area contributed by atoms with Crippen molar-refractivity contribution in [3.63, 3.8) is 0 Å². The molecule has 0 bridgehead atoms. The minimum Gasteiger partial charge on any atom is -0.496 e. The van der Waals surface area contributed by atoms with Crippen molar-refractivity contribution in [2.75, 3.05) is 25.5 Å². The van der Waals surface area contributed by atoms with E-state index in [1.807, 2.05) is 6.07 Å².